The zero-order valence-electron chi connectivity index (χ0n) is 11.7. The number of nitrogens with zero attached hydrogens (tertiary/aromatic N) is 1. The molecule has 3 rings (SSSR count). The molecule has 0 unspecified atom stereocenters. The first-order valence-corrected chi connectivity index (χ1v) is 7.12. The molecule has 1 heterocycles. The molecule has 4 heteroatoms. The molecule has 1 N–H and O–H groups in total. The zero-order chi connectivity index (χ0) is 14.8. The summed E-state index contributed by atoms with van der Waals surface area (Å²) >= 11 is 0. The highest BCUT2D eigenvalue weighted by atomic mass is 16.4. The van der Waals surface area contributed by atoms with Crippen LogP contribution in [-0.2, 0) is 16.0 Å². The third-order valence-corrected chi connectivity index (χ3v) is 4.09. The Balaban J connectivity index is 1.73. The molecule has 1 aliphatic heterocycles. The second-order valence-electron chi connectivity index (χ2n) is 5.47. The van der Waals surface area contributed by atoms with Gasteiger partial charge in [-0.2, -0.15) is 0 Å². The summed E-state index contributed by atoms with van der Waals surface area (Å²) in [4.78, 5) is 24.5. The van der Waals surface area contributed by atoms with E-state index in [-0.39, 0.29) is 12.3 Å². The lowest BCUT2D eigenvalue weighted by molar-refractivity contribution is -0.141. The topological polar surface area (TPSA) is 57.6 Å². The maximum Gasteiger partial charge on any atom is 0.308 e. The minimum Gasteiger partial charge on any atom is -0.481 e. The van der Waals surface area contributed by atoms with E-state index in [1.165, 1.54) is 16.3 Å². The number of aliphatic carboxylic acids is 1. The van der Waals surface area contributed by atoms with Gasteiger partial charge in [0.1, 0.15) is 0 Å². The summed E-state index contributed by atoms with van der Waals surface area (Å²) in [5.41, 5.74) is 1.19. The van der Waals surface area contributed by atoms with Crippen LogP contribution in [0.3, 0.4) is 0 Å². The third-order valence-electron chi connectivity index (χ3n) is 4.09. The summed E-state index contributed by atoms with van der Waals surface area (Å²) in [6.45, 7) is 0.912. The van der Waals surface area contributed by atoms with Crippen molar-refractivity contribution in [2.45, 2.75) is 12.8 Å². The Morgan fingerprint density at radius 2 is 1.95 bits per heavy atom. The van der Waals surface area contributed by atoms with Crippen molar-refractivity contribution in [2.24, 2.45) is 5.92 Å². The summed E-state index contributed by atoms with van der Waals surface area (Å²) in [6, 6.07) is 14.3. The number of benzene rings is 2. The van der Waals surface area contributed by atoms with Gasteiger partial charge in [0.25, 0.3) is 0 Å². The number of carbonyl (C=O) groups is 2. The van der Waals surface area contributed by atoms with Crippen molar-refractivity contribution in [3.63, 3.8) is 0 Å². The molecular weight excluding hydrogens is 266 g/mol. The van der Waals surface area contributed by atoms with Gasteiger partial charge in [-0.25, -0.2) is 0 Å². The quantitative estimate of drug-likeness (QED) is 0.936. The van der Waals surface area contributed by atoms with E-state index in [0.717, 1.165) is 6.42 Å². The molecule has 1 fully saturated rings. The van der Waals surface area contributed by atoms with Crippen molar-refractivity contribution in [1.29, 1.82) is 0 Å². The third kappa shape index (κ3) is 2.75. The highest BCUT2D eigenvalue weighted by Gasteiger charge is 2.33. The van der Waals surface area contributed by atoms with Crippen LogP contribution in [0.15, 0.2) is 42.5 Å². The van der Waals surface area contributed by atoms with Gasteiger partial charge in [0.05, 0.1) is 5.92 Å². The summed E-state index contributed by atoms with van der Waals surface area (Å²) < 4.78 is 0. The number of carboxylic acid groups (broad SMARTS) is 1. The molecule has 0 spiro atoms. The molecule has 1 saturated heterocycles. The van der Waals surface area contributed by atoms with Gasteiger partial charge in [-0.05, 0) is 22.8 Å². The van der Waals surface area contributed by atoms with Crippen molar-refractivity contribution in [1.82, 2.24) is 4.90 Å². The van der Waals surface area contributed by atoms with Crippen molar-refractivity contribution >= 4 is 22.6 Å². The molecular formula is C17H17NO3. The van der Waals surface area contributed by atoms with Crippen LogP contribution in [0.2, 0.25) is 0 Å². The molecule has 2 aromatic carbocycles. The molecule has 1 amide bonds. The van der Waals surface area contributed by atoms with Gasteiger partial charge in [-0.15, -0.1) is 0 Å². The number of hydrogen-bond acceptors (Lipinski definition) is 2. The van der Waals surface area contributed by atoms with E-state index in [1.54, 1.807) is 4.90 Å². The normalized spacial score (nSPS) is 18.4. The molecule has 0 bridgehead atoms. The van der Waals surface area contributed by atoms with Gasteiger partial charge in [0.15, 0.2) is 0 Å². The summed E-state index contributed by atoms with van der Waals surface area (Å²) in [5.74, 6) is -1.48. The minimum atomic E-state index is -0.879. The molecule has 0 radical (unpaired) electrons. The standard InChI is InChI=1S/C17H17NO3/c19-16-10-14(17(20)21)11-18(16)9-8-13-6-3-5-12-4-1-2-7-15(12)13/h1-7,14H,8-11H2,(H,20,21)/t14-/m1/s1. The van der Waals surface area contributed by atoms with E-state index in [2.05, 4.69) is 24.3 Å². The highest BCUT2D eigenvalue weighted by molar-refractivity contribution is 5.87. The minimum absolute atomic E-state index is 0.0531. The van der Waals surface area contributed by atoms with Crippen LogP contribution in [0.5, 0.6) is 0 Å². The first kappa shape index (κ1) is 13.6. The van der Waals surface area contributed by atoms with Crippen molar-refractivity contribution in [3.8, 4) is 0 Å². The first-order valence-electron chi connectivity index (χ1n) is 7.12. The Morgan fingerprint density at radius 3 is 2.71 bits per heavy atom. The van der Waals surface area contributed by atoms with Gasteiger partial charge in [-0.1, -0.05) is 42.5 Å². The Bertz CT molecular complexity index is 690. The Labute approximate surface area is 123 Å². The van der Waals surface area contributed by atoms with Gasteiger partial charge in [0.2, 0.25) is 5.91 Å². The smallest absolute Gasteiger partial charge is 0.308 e. The van der Waals surface area contributed by atoms with Crippen molar-refractivity contribution < 1.29 is 14.7 Å². The maximum atomic E-state index is 11.8. The number of hydrogen-bond donors (Lipinski definition) is 1. The molecule has 0 saturated carbocycles. The van der Waals surface area contributed by atoms with Gasteiger partial charge < -0.3 is 10.0 Å². The number of carboxylic acids is 1. The predicted molar refractivity (Wildman–Crippen MR) is 80.0 cm³/mol. The van der Waals surface area contributed by atoms with E-state index >= 15 is 0 Å². The summed E-state index contributed by atoms with van der Waals surface area (Å²) in [5, 5.41) is 11.4. The average molecular weight is 283 g/mol. The van der Waals surface area contributed by atoms with E-state index in [0.29, 0.717) is 13.1 Å². The predicted octanol–water partition coefficient (Wildman–Crippen LogP) is 2.32. The molecule has 4 nitrogen and oxygen atoms in total. The number of rotatable bonds is 4. The molecule has 1 aliphatic rings. The van der Waals surface area contributed by atoms with E-state index in [9.17, 15) is 9.59 Å². The fourth-order valence-corrected chi connectivity index (χ4v) is 2.92. The lowest BCUT2D eigenvalue weighted by Gasteiger charge is -2.16. The first-order chi connectivity index (χ1) is 10.1. The van der Waals surface area contributed by atoms with Crippen LogP contribution >= 0.6 is 0 Å². The van der Waals surface area contributed by atoms with Gasteiger partial charge >= 0.3 is 5.97 Å². The molecule has 21 heavy (non-hydrogen) atoms. The second kappa shape index (κ2) is 5.56. The number of amides is 1. The van der Waals surface area contributed by atoms with Crippen LogP contribution in [-0.4, -0.2) is 35.0 Å². The van der Waals surface area contributed by atoms with Gasteiger partial charge in [-0.3, -0.25) is 9.59 Å². The van der Waals surface area contributed by atoms with E-state index < -0.39 is 11.9 Å². The molecule has 108 valence electrons. The lowest BCUT2D eigenvalue weighted by Crippen LogP contribution is -2.28. The lowest BCUT2D eigenvalue weighted by atomic mass is 10.0. The van der Waals surface area contributed by atoms with Crippen molar-refractivity contribution in [2.75, 3.05) is 13.1 Å². The second-order valence-corrected chi connectivity index (χ2v) is 5.47. The monoisotopic (exact) mass is 283 g/mol. The van der Waals surface area contributed by atoms with Crippen LogP contribution in [0.1, 0.15) is 12.0 Å². The van der Waals surface area contributed by atoms with Crippen LogP contribution < -0.4 is 0 Å². The number of fused-ring (bicyclic) bond motifs is 1. The van der Waals surface area contributed by atoms with Gasteiger partial charge in [0, 0.05) is 19.5 Å². The van der Waals surface area contributed by atoms with Crippen LogP contribution in [0, 0.1) is 5.92 Å². The Morgan fingerprint density at radius 1 is 1.19 bits per heavy atom. The van der Waals surface area contributed by atoms with Crippen molar-refractivity contribution in [3.05, 3.63) is 48.0 Å². The Hall–Kier alpha value is -2.36. The molecule has 0 aromatic heterocycles. The fraction of sp³-hybridized carbons (Fsp3) is 0.294. The fourth-order valence-electron chi connectivity index (χ4n) is 2.92. The van der Waals surface area contributed by atoms with E-state index in [4.69, 9.17) is 5.11 Å². The largest absolute Gasteiger partial charge is 0.481 e. The molecule has 2 aromatic rings. The average Bonchev–Trinajstić information content (AvgIpc) is 2.86. The van der Waals surface area contributed by atoms with Crippen LogP contribution in [0.25, 0.3) is 10.8 Å². The highest BCUT2D eigenvalue weighted by Crippen LogP contribution is 2.21. The Kier molecular flexibility index (Phi) is 3.60. The number of carbonyl (C=O) groups excluding carboxylic acids is 1. The van der Waals surface area contributed by atoms with Crippen LogP contribution in [0.4, 0.5) is 0 Å². The zero-order valence-corrected chi connectivity index (χ0v) is 11.7. The number of likely N-dealkylation sites (tertiary alicyclic amines) is 1. The summed E-state index contributed by atoms with van der Waals surface area (Å²) in [6.07, 6.45) is 0.879. The van der Waals surface area contributed by atoms with E-state index in [1.807, 2.05) is 18.2 Å². The molecule has 1 atom stereocenters. The maximum absolute atomic E-state index is 11.8. The summed E-state index contributed by atoms with van der Waals surface area (Å²) in [7, 11) is 0. The SMILES string of the molecule is O=C(O)[C@@H]1CC(=O)N(CCc2cccc3ccccc23)C1. The molecule has 0 aliphatic carbocycles.